The predicted molar refractivity (Wildman–Crippen MR) is 70.5 cm³/mol. The van der Waals surface area contributed by atoms with E-state index in [1.165, 1.54) is 0 Å². The summed E-state index contributed by atoms with van der Waals surface area (Å²) in [6.07, 6.45) is 0.821. The highest BCUT2D eigenvalue weighted by molar-refractivity contribution is 5.25. The Balaban J connectivity index is 2.06. The molecule has 1 aromatic rings. The number of nitrogens with zero attached hydrogens (tertiary/aromatic N) is 1. The van der Waals surface area contributed by atoms with Gasteiger partial charge in [-0.05, 0) is 55.7 Å². The molecule has 1 aliphatic carbocycles. The topological polar surface area (TPSA) is 50.9 Å². The molecule has 1 atom stereocenters. The minimum Gasteiger partial charge on any atom is -0.271 e. The molecule has 0 aliphatic heterocycles. The van der Waals surface area contributed by atoms with Gasteiger partial charge in [-0.15, -0.1) is 0 Å². The summed E-state index contributed by atoms with van der Waals surface area (Å²) in [5.41, 5.74) is 4.79. The van der Waals surface area contributed by atoms with E-state index in [1.54, 1.807) is 12.4 Å². The molecule has 1 aromatic heterocycles. The fourth-order valence-corrected chi connectivity index (χ4v) is 3.06. The number of pyridine rings is 1. The number of halogens is 3. The van der Waals surface area contributed by atoms with E-state index < -0.39 is 12.1 Å². The third kappa shape index (κ3) is 3.30. The highest BCUT2D eigenvalue weighted by Crippen LogP contribution is 2.43. The van der Waals surface area contributed by atoms with Crippen molar-refractivity contribution in [1.29, 1.82) is 0 Å². The number of alkyl halides is 3. The highest BCUT2D eigenvalue weighted by Gasteiger charge is 2.42. The summed E-state index contributed by atoms with van der Waals surface area (Å²) in [6.45, 7) is 1.96. The molecule has 112 valence electrons. The van der Waals surface area contributed by atoms with Crippen LogP contribution in [0.25, 0.3) is 0 Å². The van der Waals surface area contributed by atoms with Gasteiger partial charge in [0, 0.05) is 12.4 Å². The summed E-state index contributed by atoms with van der Waals surface area (Å²) in [6, 6.07) is 1.76. The normalized spacial score (nSPS) is 25.4. The first kappa shape index (κ1) is 15.3. The monoisotopic (exact) mass is 287 g/mol. The molecule has 1 aliphatic rings. The van der Waals surface area contributed by atoms with E-state index in [0.29, 0.717) is 12.8 Å². The van der Waals surface area contributed by atoms with Gasteiger partial charge in [-0.25, -0.2) is 0 Å². The molecule has 0 amide bonds. The van der Waals surface area contributed by atoms with Gasteiger partial charge in [-0.1, -0.05) is 0 Å². The molecule has 0 bridgehead atoms. The van der Waals surface area contributed by atoms with Gasteiger partial charge in [0.25, 0.3) is 0 Å². The van der Waals surface area contributed by atoms with Crippen LogP contribution in [-0.4, -0.2) is 11.2 Å². The molecule has 1 heterocycles. The lowest BCUT2D eigenvalue weighted by molar-refractivity contribution is -0.184. The van der Waals surface area contributed by atoms with Gasteiger partial charge in [0.05, 0.1) is 12.0 Å². The SMILES string of the molecule is Cc1ccncc1C(NN)C1CCC(C(F)(F)F)CC1. The van der Waals surface area contributed by atoms with Gasteiger partial charge < -0.3 is 0 Å². The molecule has 2 rings (SSSR count). The van der Waals surface area contributed by atoms with Crippen LogP contribution in [0, 0.1) is 18.8 Å². The Morgan fingerprint density at radius 3 is 2.45 bits per heavy atom. The number of rotatable bonds is 3. The van der Waals surface area contributed by atoms with E-state index in [-0.39, 0.29) is 24.8 Å². The Morgan fingerprint density at radius 1 is 1.30 bits per heavy atom. The Bertz CT molecular complexity index is 440. The maximum atomic E-state index is 12.7. The van der Waals surface area contributed by atoms with E-state index >= 15 is 0 Å². The highest BCUT2D eigenvalue weighted by atomic mass is 19.4. The first-order chi connectivity index (χ1) is 9.43. The summed E-state index contributed by atoms with van der Waals surface area (Å²) in [5, 5.41) is 0. The van der Waals surface area contributed by atoms with Gasteiger partial charge in [0.15, 0.2) is 0 Å². The van der Waals surface area contributed by atoms with Crippen LogP contribution in [0.4, 0.5) is 13.2 Å². The Labute approximate surface area is 116 Å². The zero-order chi connectivity index (χ0) is 14.8. The van der Waals surface area contributed by atoms with Gasteiger partial charge in [0.1, 0.15) is 0 Å². The average molecular weight is 287 g/mol. The summed E-state index contributed by atoms with van der Waals surface area (Å²) in [5.74, 6) is 4.59. The van der Waals surface area contributed by atoms with Crippen molar-refractivity contribution in [3.63, 3.8) is 0 Å². The number of nitrogens with two attached hydrogens (primary N) is 1. The maximum absolute atomic E-state index is 12.7. The predicted octanol–water partition coefficient (Wildman–Crippen LogP) is 3.26. The van der Waals surface area contributed by atoms with Crippen molar-refractivity contribution >= 4 is 0 Å². The molecule has 3 nitrogen and oxygen atoms in total. The summed E-state index contributed by atoms with van der Waals surface area (Å²) < 4.78 is 38.1. The molecule has 6 heteroatoms. The molecule has 20 heavy (non-hydrogen) atoms. The molecule has 0 spiro atoms. The zero-order valence-corrected chi connectivity index (χ0v) is 11.5. The molecule has 1 saturated carbocycles. The number of aromatic nitrogens is 1. The third-order valence-corrected chi connectivity index (χ3v) is 4.30. The summed E-state index contributed by atoms with van der Waals surface area (Å²) in [7, 11) is 0. The van der Waals surface area contributed by atoms with Crippen LogP contribution in [-0.2, 0) is 0 Å². The summed E-state index contributed by atoms with van der Waals surface area (Å²) >= 11 is 0. The van der Waals surface area contributed by atoms with E-state index in [9.17, 15) is 13.2 Å². The lowest BCUT2D eigenvalue weighted by Gasteiger charge is -2.34. The van der Waals surface area contributed by atoms with Gasteiger partial charge >= 0.3 is 6.18 Å². The van der Waals surface area contributed by atoms with Crippen LogP contribution in [0.15, 0.2) is 18.5 Å². The second kappa shape index (κ2) is 6.10. The molecule has 1 unspecified atom stereocenters. The van der Waals surface area contributed by atoms with Crippen LogP contribution in [0.3, 0.4) is 0 Å². The number of hydrogen-bond acceptors (Lipinski definition) is 3. The minimum absolute atomic E-state index is 0.126. The fourth-order valence-electron chi connectivity index (χ4n) is 3.06. The Hall–Kier alpha value is -1.14. The van der Waals surface area contributed by atoms with Crippen molar-refractivity contribution in [3.8, 4) is 0 Å². The van der Waals surface area contributed by atoms with E-state index in [4.69, 9.17) is 5.84 Å². The van der Waals surface area contributed by atoms with Gasteiger partial charge in [-0.3, -0.25) is 16.3 Å². The third-order valence-electron chi connectivity index (χ3n) is 4.30. The molecule has 0 radical (unpaired) electrons. The van der Waals surface area contributed by atoms with Gasteiger partial charge in [-0.2, -0.15) is 13.2 Å². The Morgan fingerprint density at radius 2 is 1.95 bits per heavy atom. The number of nitrogens with one attached hydrogen (secondary N) is 1. The van der Waals surface area contributed by atoms with Crippen LogP contribution < -0.4 is 11.3 Å². The largest absolute Gasteiger partial charge is 0.391 e. The Kier molecular flexibility index (Phi) is 4.65. The summed E-state index contributed by atoms with van der Waals surface area (Å²) in [4.78, 5) is 4.09. The van der Waals surface area contributed by atoms with Crippen molar-refractivity contribution in [2.75, 3.05) is 0 Å². The molecular weight excluding hydrogens is 267 g/mol. The molecule has 0 saturated heterocycles. The smallest absolute Gasteiger partial charge is 0.271 e. The standard InChI is InChI=1S/C14H20F3N3/c1-9-6-7-19-8-12(9)13(20-18)10-2-4-11(5-3-10)14(15,16)17/h6-8,10-11,13,20H,2-5,18H2,1H3. The zero-order valence-electron chi connectivity index (χ0n) is 11.5. The number of aryl methyl sites for hydroxylation is 1. The number of hydrogen-bond donors (Lipinski definition) is 2. The van der Waals surface area contributed by atoms with Crippen molar-refractivity contribution in [2.45, 2.75) is 44.8 Å². The molecule has 0 aromatic carbocycles. The molecule has 3 N–H and O–H groups in total. The second-order valence-corrected chi connectivity index (χ2v) is 5.53. The lowest BCUT2D eigenvalue weighted by atomic mass is 9.76. The van der Waals surface area contributed by atoms with Crippen LogP contribution >= 0.6 is 0 Å². The minimum atomic E-state index is -4.07. The van der Waals surface area contributed by atoms with Crippen molar-refractivity contribution < 1.29 is 13.2 Å². The molecule has 1 fully saturated rings. The number of hydrazine groups is 1. The average Bonchev–Trinajstić information content (AvgIpc) is 2.41. The first-order valence-electron chi connectivity index (χ1n) is 6.87. The van der Waals surface area contributed by atoms with Crippen LogP contribution in [0.2, 0.25) is 0 Å². The van der Waals surface area contributed by atoms with E-state index in [0.717, 1.165) is 11.1 Å². The van der Waals surface area contributed by atoms with E-state index in [2.05, 4.69) is 10.4 Å². The first-order valence-corrected chi connectivity index (χ1v) is 6.87. The van der Waals surface area contributed by atoms with E-state index in [1.807, 2.05) is 13.0 Å². The second-order valence-electron chi connectivity index (χ2n) is 5.53. The maximum Gasteiger partial charge on any atom is 0.391 e. The van der Waals surface area contributed by atoms with Crippen molar-refractivity contribution in [1.82, 2.24) is 10.4 Å². The van der Waals surface area contributed by atoms with Crippen LogP contribution in [0.1, 0.15) is 42.9 Å². The lowest BCUT2D eigenvalue weighted by Crippen LogP contribution is -2.37. The van der Waals surface area contributed by atoms with Crippen molar-refractivity contribution in [3.05, 3.63) is 29.6 Å². The quantitative estimate of drug-likeness (QED) is 0.662. The molecular formula is C14H20F3N3. The van der Waals surface area contributed by atoms with Crippen LogP contribution in [0.5, 0.6) is 0 Å². The fraction of sp³-hybridized carbons (Fsp3) is 0.643. The van der Waals surface area contributed by atoms with Crippen molar-refractivity contribution in [2.24, 2.45) is 17.7 Å². The van der Waals surface area contributed by atoms with Gasteiger partial charge in [0.2, 0.25) is 0 Å².